The highest BCUT2D eigenvalue weighted by Gasteiger charge is 2.24. The predicted molar refractivity (Wildman–Crippen MR) is 87.6 cm³/mol. The Morgan fingerprint density at radius 3 is 3.08 bits per heavy atom. The summed E-state index contributed by atoms with van der Waals surface area (Å²) in [5.41, 5.74) is 3.60. The topological polar surface area (TPSA) is 106 Å². The average Bonchev–Trinajstić information content (AvgIpc) is 3.38. The third-order valence-electron chi connectivity index (χ3n) is 4.86. The zero-order valence-electron chi connectivity index (χ0n) is 14.2. The largest absolute Gasteiger partial charge is 0.368 e. The van der Waals surface area contributed by atoms with Crippen molar-refractivity contribution in [2.24, 2.45) is 0 Å². The van der Waals surface area contributed by atoms with Crippen LogP contribution >= 0.6 is 0 Å². The summed E-state index contributed by atoms with van der Waals surface area (Å²) in [6.45, 7) is 1.00. The fourth-order valence-corrected chi connectivity index (χ4v) is 3.50. The molecule has 1 unspecified atom stereocenters. The highest BCUT2D eigenvalue weighted by Crippen LogP contribution is 2.27. The van der Waals surface area contributed by atoms with Gasteiger partial charge in [-0.2, -0.15) is 10.1 Å². The van der Waals surface area contributed by atoms with Crippen LogP contribution in [0.5, 0.6) is 0 Å². The van der Waals surface area contributed by atoms with Gasteiger partial charge >= 0.3 is 0 Å². The Labute approximate surface area is 145 Å². The Balaban J connectivity index is 1.25. The van der Waals surface area contributed by atoms with E-state index in [1.807, 2.05) is 0 Å². The maximum Gasteiger partial charge on any atom is 0.255 e. The third kappa shape index (κ3) is 3.73. The van der Waals surface area contributed by atoms with Gasteiger partial charge in [0, 0.05) is 25.1 Å². The van der Waals surface area contributed by atoms with Crippen LogP contribution in [0.15, 0.2) is 4.52 Å². The first-order chi connectivity index (χ1) is 12.3. The van der Waals surface area contributed by atoms with Crippen LogP contribution in [0.25, 0.3) is 0 Å². The Kier molecular flexibility index (Phi) is 4.78. The molecule has 1 saturated heterocycles. The van der Waals surface area contributed by atoms with Crippen molar-refractivity contribution in [3.8, 4) is 0 Å². The van der Waals surface area contributed by atoms with E-state index in [1.54, 1.807) is 0 Å². The fourth-order valence-electron chi connectivity index (χ4n) is 3.50. The van der Waals surface area contributed by atoms with Gasteiger partial charge in [0.15, 0.2) is 5.82 Å². The van der Waals surface area contributed by atoms with Gasteiger partial charge < -0.3 is 14.6 Å². The van der Waals surface area contributed by atoms with Crippen molar-refractivity contribution < 1.29 is 14.1 Å². The number of hydrogen-bond acceptors (Lipinski definition) is 6. The minimum absolute atomic E-state index is 0.0315. The van der Waals surface area contributed by atoms with E-state index in [2.05, 4.69) is 25.7 Å². The van der Waals surface area contributed by atoms with Gasteiger partial charge in [-0.1, -0.05) is 5.16 Å². The summed E-state index contributed by atoms with van der Waals surface area (Å²) in [4.78, 5) is 16.4. The van der Waals surface area contributed by atoms with Gasteiger partial charge in [-0.05, 0) is 44.1 Å². The number of ether oxygens (including phenoxy) is 1. The van der Waals surface area contributed by atoms with E-state index in [1.165, 1.54) is 24.1 Å². The van der Waals surface area contributed by atoms with E-state index in [0.717, 1.165) is 38.0 Å². The SMILES string of the molecule is O=C(CCc1n[nH]c2c1CCCC2)NCc1noc(C2CCCO2)n1. The van der Waals surface area contributed by atoms with Crippen molar-refractivity contribution in [2.45, 2.75) is 64.0 Å². The van der Waals surface area contributed by atoms with Crippen molar-refractivity contribution in [3.05, 3.63) is 28.7 Å². The molecule has 3 heterocycles. The Bertz CT molecular complexity index is 732. The maximum atomic E-state index is 12.1. The van der Waals surface area contributed by atoms with Gasteiger partial charge in [0.1, 0.15) is 6.10 Å². The quantitative estimate of drug-likeness (QED) is 0.826. The number of rotatable bonds is 6. The van der Waals surface area contributed by atoms with Crippen LogP contribution in [-0.2, 0) is 35.3 Å². The molecule has 0 aromatic carbocycles. The van der Waals surface area contributed by atoms with E-state index in [0.29, 0.717) is 24.6 Å². The van der Waals surface area contributed by atoms with E-state index < -0.39 is 0 Å². The molecule has 1 aliphatic carbocycles. The molecule has 4 rings (SSSR count). The van der Waals surface area contributed by atoms with Crippen molar-refractivity contribution in [2.75, 3.05) is 6.61 Å². The van der Waals surface area contributed by atoms with Gasteiger partial charge in [0.25, 0.3) is 5.89 Å². The molecule has 8 heteroatoms. The Hall–Kier alpha value is -2.22. The molecule has 0 spiro atoms. The molecule has 2 aliphatic rings. The van der Waals surface area contributed by atoms with Crippen LogP contribution in [0, 0.1) is 0 Å². The third-order valence-corrected chi connectivity index (χ3v) is 4.86. The van der Waals surface area contributed by atoms with Gasteiger partial charge in [0.05, 0.1) is 12.2 Å². The molecule has 0 radical (unpaired) electrons. The van der Waals surface area contributed by atoms with E-state index in [-0.39, 0.29) is 18.6 Å². The Morgan fingerprint density at radius 2 is 2.20 bits per heavy atom. The molecular formula is C17H23N5O3. The number of aromatic amines is 1. The molecule has 1 amide bonds. The van der Waals surface area contributed by atoms with Crippen LogP contribution in [0.3, 0.4) is 0 Å². The van der Waals surface area contributed by atoms with E-state index in [9.17, 15) is 4.79 Å². The molecule has 1 atom stereocenters. The summed E-state index contributed by atoms with van der Waals surface area (Å²) in [6.07, 6.45) is 7.45. The number of aryl methyl sites for hydroxylation is 2. The second-order valence-electron chi connectivity index (χ2n) is 6.66. The van der Waals surface area contributed by atoms with Crippen molar-refractivity contribution in [3.63, 3.8) is 0 Å². The minimum Gasteiger partial charge on any atom is -0.368 e. The van der Waals surface area contributed by atoms with Gasteiger partial charge in [-0.25, -0.2) is 0 Å². The normalized spacial score (nSPS) is 19.8. The van der Waals surface area contributed by atoms with Crippen molar-refractivity contribution in [1.29, 1.82) is 0 Å². The number of H-pyrrole nitrogens is 1. The van der Waals surface area contributed by atoms with Crippen LogP contribution in [0.4, 0.5) is 0 Å². The minimum atomic E-state index is -0.0946. The number of carbonyl (C=O) groups excluding carboxylic acids is 1. The second-order valence-corrected chi connectivity index (χ2v) is 6.66. The van der Waals surface area contributed by atoms with Crippen LogP contribution in [-0.4, -0.2) is 32.9 Å². The molecule has 2 aromatic rings. The Morgan fingerprint density at radius 1 is 1.28 bits per heavy atom. The van der Waals surface area contributed by atoms with Crippen LogP contribution in [0.2, 0.25) is 0 Å². The highest BCUT2D eigenvalue weighted by atomic mass is 16.5. The zero-order chi connectivity index (χ0) is 17.1. The standard InChI is InChI=1S/C17H23N5O3/c23-16(8-7-13-11-4-1-2-5-12(11)20-21-13)18-10-15-19-17(25-22-15)14-6-3-9-24-14/h14H,1-10H2,(H,18,23)(H,20,21). The lowest BCUT2D eigenvalue weighted by Gasteiger charge is -2.10. The fraction of sp³-hybridized carbons (Fsp3) is 0.647. The summed E-state index contributed by atoms with van der Waals surface area (Å²) in [7, 11) is 0. The molecule has 0 saturated carbocycles. The smallest absolute Gasteiger partial charge is 0.255 e. The lowest BCUT2D eigenvalue weighted by molar-refractivity contribution is -0.121. The first-order valence-electron chi connectivity index (χ1n) is 9.05. The number of aromatic nitrogens is 4. The van der Waals surface area contributed by atoms with Crippen LogP contribution < -0.4 is 5.32 Å². The molecule has 2 N–H and O–H groups in total. The van der Waals surface area contributed by atoms with Crippen LogP contribution in [0.1, 0.15) is 66.9 Å². The molecule has 25 heavy (non-hydrogen) atoms. The number of fused-ring (bicyclic) bond motifs is 1. The summed E-state index contributed by atoms with van der Waals surface area (Å²) in [5.74, 6) is 0.955. The molecule has 1 aliphatic heterocycles. The number of nitrogens with zero attached hydrogens (tertiary/aromatic N) is 3. The maximum absolute atomic E-state index is 12.1. The number of amides is 1. The molecular weight excluding hydrogens is 322 g/mol. The van der Waals surface area contributed by atoms with Crippen molar-refractivity contribution in [1.82, 2.24) is 25.7 Å². The lowest BCUT2D eigenvalue weighted by atomic mass is 9.95. The first-order valence-corrected chi connectivity index (χ1v) is 9.05. The van der Waals surface area contributed by atoms with E-state index >= 15 is 0 Å². The van der Waals surface area contributed by atoms with Gasteiger partial charge in [-0.15, -0.1) is 0 Å². The predicted octanol–water partition coefficient (Wildman–Crippen LogP) is 1.77. The molecule has 134 valence electrons. The monoisotopic (exact) mass is 345 g/mol. The number of nitrogens with one attached hydrogen (secondary N) is 2. The molecule has 2 aromatic heterocycles. The van der Waals surface area contributed by atoms with E-state index in [4.69, 9.17) is 9.26 Å². The first kappa shape index (κ1) is 16.3. The molecule has 8 nitrogen and oxygen atoms in total. The summed E-state index contributed by atoms with van der Waals surface area (Å²) < 4.78 is 10.7. The number of carbonyl (C=O) groups is 1. The van der Waals surface area contributed by atoms with Gasteiger partial charge in [-0.3, -0.25) is 9.89 Å². The summed E-state index contributed by atoms with van der Waals surface area (Å²) in [5, 5.41) is 14.2. The molecule has 0 bridgehead atoms. The summed E-state index contributed by atoms with van der Waals surface area (Å²) >= 11 is 0. The second kappa shape index (κ2) is 7.35. The molecule has 1 fully saturated rings. The van der Waals surface area contributed by atoms with Crippen molar-refractivity contribution >= 4 is 5.91 Å². The zero-order valence-corrected chi connectivity index (χ0v) is 14.2. The van der Waals surface area contributed by atoms with Gasteiger partial charge in [0.2, 0.25) is 5.91 Å². The summed E-state index contributed by atoms with van der Waals surface area (Å²) in [6, 6.07) is 0. The highest BCUT2D eigenvalue weighted by molar-refractivity contribution is 5.76. The lowest BCUT2D eigenvalue weighted by Crippen LogP contribution is -2.23. The number of hydrogen-bond donors (Lipinski definition) is 2. The average molecular weight is 345 g/mol.